The fourth-order valence-corrected chi connectivity index (χ4v) is 2.96. The summed E-state index contributed by atoms with van der Waals surface area (Å²) in [5.74, 6) is 0.134. The van der Waals surface area contributed by atoms with Crippen LogP contribution in [0.25, 0.3) is 0 Å². The number of hydrogen-bond acceptors (Lipinski definition) is 3. The summed E-state index contributed by atoms with van der Waals surface area (Å²) in [4.78, 5) is 16.3. The van der Waals surface area contributed by atoms with E-state index in [0.717, 1.165) is 17.8 Å². The Labute approximate surface area is 116 Å². The highest BCUT2D eigenvalue weighted by atomic mass is 16.1. The van der Waals surface area contributed by atoms with Crippen molar-refractivity contribution in [3.05, 3.63) is 29.8 Å². The van der Waals surface area contributed by atoms with Crippen LogP contribution >= 0.6 is 0 Å². The molecule has 0 heterocycles. The van der Waals surface area contributed by atoms with Gasteiger partial charge in [0.2, 0.25) is 0 Å². The molecule has 0 atom stereocenters. The molecule has 0 saturated heterocycles. The summed E-state index contributed by atoms with van der Waals surface area (Å²) in [5.41, 5.74) is 2.14. The number of nitrogens with zero attached hydrogens (tertiary/aromatic N) is 2. The maximum Gasteiger partial charge on any atom is 0.161 e. The van der Waals surface area contributed by atoms with Crippen molar-refractivity contribution in [2.75, 3.05) is 32.6 Å². The molecule has 0 aromatic heterocycles. The molecule has 1 saturated carbocycles. The van der Waals surface area contributed by atoms with Crippen molar-refractivity contribution < 1.29 is 4.79 Å². The summed E-state index contributed by atoms with van der Waals surface area (Å²) < 4.78 is 0. The third-order valence-electron chi connectivity index (χ3n) is 4.46. The third kappa shape index (κ3) is 2.66. The van der Waals surface area contributed by atoms with E-state index in [1.54, 1.807) is 6.92 Å². The van der Waals surface area contributed by atoms with Crippen LogP contribution in [0.4, 0.5) is 5.69 Å². The number of rotatable bonds is 5. The lowest BCUT2D eigenvalue weighted by Gasteiger charge is -2.49. The van der Waals surface area contributed by atoms with Gasteiger partial charge in [0.1, 0.15) is 0 Å². The Kier molecular flexibility index (Phi) is 3.95. The van der Waals surface area contributed by atoms with Gasteiger partial charge in [-0.2, -0.15) is 0 Å². The topological polar surface area (TPSA) is 23.6 Å². The average molecular weight is 260 g/mol. The number of likely N-dealkylation sites (N-methyl/N-ethyl adjacent to an activating group) is 2. The fraction of sp³-hybridized carbons (Fsp3) is 0.562. The van der Waals surface area contributed by atoms with Gasteiger partial charge in [-0.1, -0.05) is 12.1 Å². The van der Waals surface area contributed by atoms with Crippen LogP contribution in [0.5, 0.6) is 0 Å². The second-order valence-electron chi connectivity index (χ2n) is 5.90. The van der Waals surface area contributed by atoms with Crippen molar-refractivity contribution in [3.63, 3.8) is 0 Å². The first-order valence-electron chi connectivity index (χ1n) is 6.95. The second kappa shape index (κ2) is 5.33. The highest BCUT2D eigenvalue weighted by Crippen LogP contribution is 2.37. The quantitative estimate of drug-likeness (QED) is 0.761. The van der Waals surface area contributed by atoms with E-state index in [1.165, 1.54) is 19.3 Å². The minimum absolute atomic E-state index is 0.134. The van der Waals surface area contributed by atoms with Gasteiger partial charge in [0.15, 0.2) is 5.78 Å². The van der Waals surface area contributed by atoms with E-state index in [-0.39, 0.29) is 11.3 Å². The first-order valence-corrected chi connectivity index (χ1v) is 6.95. The summed E-state index contributed by atoms with van der Waals surface area (Å²) in [7, 11) is 6.40. The number of carbonyl (C=O) groups is 1. The van der Waals surface area contributed by atoms with Crippen molar-refractivity contribution in [2.45, 2.75) is 31.7 Å². The number of carbonyl (C=O) groups excluding carboxylic acids is 1. The molecular formula is C16H24N2O. The smallest absolute Gasteiger partial charge is 0.161 e. The van der Waals surface area contributed by atoms with Gasteiger partial charge in [-0.25, -0.2) is 0 Å². The van der Waals surface area contributed by atoms with Crippen molar-refractivity contribution >= 4 is 11.5 Å². The van der Waals surface area contributed by atoms with E-state index in [9.17, 15) is 4.79 Å². The molecule has 0 spiro atoms. The van der Waals surface area contributed by atoms with E-state index in [4.69, 9.17) is 0 Å². The molecule has 1 aliphatic rings. The lowest BCUT2D eigenvalue weighted by molar-refractivity contribution is 0.0682. The number of para-hydroxylation sites is 1. The zero-order valence-corrected chi connectivity index (χ0v) is 12.4. The van der Waals surface area contributed by atoms with Crippen molar-refractivity contribution in [1.82, 2.24) is 4.90 Å². The average Bonchev–Trinajstić information content (AvgIpc) is 2.33. The molecule has 3 heteroatoms. The van der Waals surface area contributed by atoms with Gasteiger partial charge < -0.3 is 9.80 Å². The molecule has 2 rings (SSSR count). The molecule has 19 heavy (non-hydrogen) atoms. The van der Waals surface area contributed by atoms with Gasteiger partial charge in [-0.05, 0) is 52.4 Å². The van der Waals surface area contributed by atoms with E-state index < -0.39 is 0 Å². The van der Waals surface area contributed by atoms with Crippen LogP contribution in [0.1, 0.15) is 36.5 Å². The summed E-state index contributed by atoms with van der Waals surface area (Å²) in [6.07, 6.45) is 3.79. The van der Waals surface area contributed by atoms with Gasteiger partial charge in [-0.3, -0.25) is 4.79 Å². The third-order valence-corrected chi connectivity index (χ3v) is 4.46. The first-order chi connectivity index (χ1) is 8.96. The molecule has 1 aliphatic carbocycles. The van der Waals surface area contributed by atoms with Crippen LogP contribution < -0.4 is 4.90 Å². The molecule has 0 bridgehead atoms. The molecule has 0 unspecified atom stereocenters. The zero-order chi connectivity index (χ0) is 14.0. The van der Waals surface area contributed by atoms with Crippen LogP contribution in [0.3, 0.4) is 0 Å². The first kappa shape index (κ1) is 14.1. The SMILES string of the molecule is CC(=O)c1ccccc1N(C)CC1(N(C)C)CCC1. The number of ketones is 1. The number of hydrogen-bond donors (Lipinski definition) is 0. The molecule has 1 aromatic rings. The summed E-state index contributed by atoms with van der Waals surface area (Å²) in [5, 5.41) is 0. The van der Waals surface area contributed by atoms with Crippen LogP contribution in [0, 0.1) is 0 Å². The molecule has 1 aromatic carbocycles. The standard InChI is InChI=1S/C16H24N2O/c1-13(19)14-8-5-6-9-15(14)18(4)12-16(17(2)3)10-7-11-16/h5-6,8-9H,7,10-12H2,1-4H3. The van der Waals surface area contributed by atoms with Gasteiger partial charge >= 0.3 is 0 Å². The molecular weight excluding hydrogens is 236 g/mol. The molecule has 0 N–H and O–H groups in total. The van der Waals surface area contributed by atoms with Crippen molar-refractivity contribution in [1.29, 1.82) is 0 Å². The Balaban J connectivity index is 2.20. The second-order valence-corrected chi connectivity index (χ2v) is 5.90. The van der Waals surface area contributed by atoms with Gasteiger partial charge in [0.05, 0.1) is 0 Å². The van der Waals surface area contributed by atoms with E-state index in [1.807, 2.05) is 24.3 Å². The lowest BCUT2D eigenvalue weighted by atomic mass is 9.75. The molecule has 0 radical (unpaired) electrons. The Morgan fingerprint density at radius 1 is 1.21 bits per heavy atom. The van der Waals surface area contributed by atoms with Crippen molar-refractivity contribution in [3.8, 4) is 0 Å². The minimum Gasteiger partial charge on any atom is -0.372 e. The van der Waals surface area contributed by atoms with Crippen LogP contribution in [-0.2, 0) is 0 Å². The number of benzene rings is 1. The van der Waals surface area contributed by atoms with Gasteiger partial charge in [0.25, 0.3) is 0 Å². The lowest BCUT2D eigenvalue weighted by Crippen LogP contribution is -2.56. The predicted octanol–water partition coefficient (Wildman–Crippen LogP) is 2.81. The maximum absolute atomic E-state index is 11.7. The monoisotopic (exact) mass is 260 g/mol. The van der Waals surface area contributed by atoms with Crippen molar-refractivity contribution in [2.24, 2.45) is 0 Å². The Bertz CT molecular complexity index is 464. The van der Waals surface area contributed by atoms with E-state index in [0.29, 0.717) is 0 Å². The molecule has 0 amide bonds. The molecule has 3 nitrogen and oxygen atoms in total. The van der Waals surface area contributed by atoms with Gasteiger partial charge in [-0.15, -0.1) is 0 Å². The van der Waals surface area contributed by atoms with Crippen LogP contribution in [-0.4, -0.2) is 43.9 Å². The highest BCUT2D eigenvalue weighted by Gasteiger charge is 2.40. The van der Waals surface area contributed by atoms with Crippen LogP contribution in [0.2, 0.25) is 0 Å². The normalized spacial score (nSPS) is 17.1. The number of anilines is 1. The maximum atomic E-state index is 11.7. The summed E-state index contributed by atoms with van der Waals surface area (Å²) >= 11 is 0. The summed E-state index contributed by atoms with van der Waals surface area (Å²) in [6, 6.07) is 7.89. The zero-order valence-electron chi connectivity index (χ0n) is 12.4. The highest BCUT2D eigenvalue weighted by molar-refractivity contribution is 5.99. The summed E-state index contributed by atoms with van der Waals surface area (Å²) in [6.45, 7) is 2.61. The Morgan fingerprint density at radius 3 is 2.32 bits per heavy atom. The molecule has 104 valence electrons. The predicted molar refractivity (Wildman–Crippen MR) is 80.0 cm³/mol. The number of Topliss-reactive ketones (excluding diaryl/α,β-unsaturated/α-hetero) is 1. The van der Waals surface area contributed by atoms with E-state index in [2.05, 4.69) is 30.9 Å². The van der Waals surface area contributed by atoms with Crippen LogP contribution in [0.15, 0.2) is 24.3 Å². The van der Waals surface area contributed by atoms with Gasteiger partial charge in [0, 0.05) is 30.4 Å². The Morgan fingerprint density at radius 2 is 1.84 bits per heavy atom. The fourth-order valence-electron chi connectivity index (χ4n) is 2.96. The minimum atomic E-state index is 0.134. The Hall–Kier alpha value is -1.35. The van der Waals surface area contributed by atoms with E-state index >= 15 is 0 Å². The molecule has 1 fully saturated rings. The molecule has 0 aliphatic heterocycles. The largest absolute Gasteiger partial charge is 0.372 e.